The average Bonchev–Trinajstić information content (AvgIpc) is 1.97. The molecule has 2 heteroatoms. The Balaban J connectivity index is 3.33. The van der Waals surface area contributed by atoms with E-state index in [9.17, 15) is 0 Å². The van der Waals surface area contributed by atoms with Crippen molar-refractivity contribution < 1.29 is 0 Å². The Morgan fingerprint density at radius 1 is 1.17 bits per heavy atom. The molecule has 0 unspecified atom stereocenters. The fraction of sp³-hybridized carbons (Fsp3) is 0.400. The van der Waals surface area contributed by atoms with Gasteiger partial charge in [-0.05, 0) is 30.0 Å². The van der Waals surface area contributed by atoms with Crippen molar-refractivity contribution >= 4 is 23.2 Å². The number of rotatable bonds is 1. The zero-order valence-corrected chi connectivity index (χ0v) is 9.00. The molecular weight excluding hydrogens is 191 g/mol. The molecule has 0 saturated heterocycles. The van der Waals surface area contributed by atoms with Crippen LogP contribution in [0.5, 0.6) is 0 Å². The van der Waals surface area contributed by atoms with Gasteiger partial charge in [-0.2, -0.15) is 0 Å². The lowest BCUT2D eigenvalue weighted by atomic mass is 10.0. The molecule has 0 fully saturated rings. The van der Waals surface area contributed by atoms with Gasteiger partial charge >= 0.3 is 0 Å². The first-order valence-corrected chi connectivity index (χ1v) is 4.74. The van der Waals surface area contributed by atoms with Crippen LogP contribution in [-0.2, 0) is 0 Å². The zero-order chi connectivity index (χ0) is 9.30. The molecular formula is C10H12Cl2. The molecule has 12 heavy (non-hydrogen) atoms. The van der Waals surface area contributed by atoms with Crippen molar-refractivity contribution in [3.05, 3.63) is 33.3 Å². The molecule has 1 aromatic rings. The third kappa shape index (κ3) is 1.75. The third-order valence-electron chi connectivity index (χ3n) is 1.90. The van der Waals surface area contributed by atoms with Crippen molar-refractivity contribution in [3.8, 4) is 0 Å². The molecule has 0 bridgehead atoms. The predicted octanol–water partition coefficient (Wildman–Crippen LogP) is 4.43. The minimum absolute atomic E-state index is 0.380. The first kappa shape index (κ1) is 9.88. The molecule has 0 aromatic heterocycles. The molecule has 0 atom stereocenters. The molecule has 0 nitrogen and oxygen atoms in total. The lowest BCUT2D eigenvalue weighted by Gasteiger charge is -2.11. The van der Waals surface area contributed by atoms with E-state index in [0.717, 1.165) is 21.2 Å². The Labute approximate surface area is 83.5 Å². The normalized spacial score (nSPS) is 10.8. The van der Waals surface area contributed by atoms with Crippen LogP contribution >= 0.6 is 23.2 Å². The molecule has 0 amide bonds. The van der Waals surface area contributed by atoms with Gasteiger partial charge in [-0.3, -0.25) is 0 Å². The lowest BCUT2D eigenvalue weighted by molar-refractivity contribution is 0.865. The maximum absolute atomic E-state index is 6.11. The predicted molar refractivity (Wildman–Crippen MR) is 55.3 cm³/mol. The lowest BCUT2D eigenvalue weighted by Crippen LogP contribution is -1.92. The minimum Gasteiger partial charge on any atom is -0.0840 e. The summed E-state index contributed by atoms with van der Waals surface area (Å²) in [6, 6.07) is 3.84. The van der Waals surface area contributed by atoms with Crippen LogP contribution in [0.1, 0.15) is 30.9 Å². The second-order valence-corrected chi connectivity index (χ2v) is 4.03. The van der Waals surface area contributed by atoms with E-state index in [4.69, 9.17) is 23.2 Å². The molecule has 0 radical (unpaired) electrons. The van der Waals surface area contributed by atoms with Crippen molar-refractivity contribution in [2.75, 3.05) is 0 Å². The summed E-state index contributed by atoms with van der Waals surface area (Å²) < 4.78 is 0. The summed E-state index contributed by atoms with van der Waals surface area (Å²) in [7, 11) is 0. The SMILES string of the molecule is Cc1ccc(Cl)c(C(C)C)c1Cl. The summed E-state index contributed by atoms with van der Waals surface area (Å²) in [5.74, 6) is 0.380. The van der Waals surface area contributed by atoms with Crippen LogP contribution < -0.4 is 0 Å². The molecule has 0 heterocycles. The average molecular weight is 203 g/mol. The van der Waals surface area contributed by atoms with Gasteiger partial charge in [0, 0.05) is 10.0 Å². The van der Waals surface area contributed by atoms with Crippen molar-refractivity contribution in [2.24, 2.45) is 0 Å². The standard InChI is InChI=1S/C10H12Cl2/c1-6(2)9-8(11)5-4-7(3)10(9)12/h4-6H,1-3H3. The van der Waals surface area contributed by atoms with Crippen molar-refractivity contribution in [1.29, 1.82) is 0 Å². The van der Waals surface area contributed by atoms with Crippen LogP contribution in [0.4, 0.5) is 0 Å². The van der Waals surface area contributed by atoms with Gasteiger partial charge in [0.05, 0.1) is 0 Å². The topological polar surface area (TPSA) is 0 Å². The maximum Gasteiger partial charge on any atom is 0.0484 e. The Bertz CT molecular complexity index is 290. The zero-order valence-electron chi connectivity index (χ0n) is 7.49. The molecule has 0 spiro atoms. The summed E-state index contributed by atoms with van der Waals surface area (Å²) >= 11 is 12.1. The van der Waals surface area contributed by atoms with Gasteiger partial charge in [-0.25, -0.2) is 0 Å². The Hall–Kier alpha value is -0.200. The quantitative estimate of drug-likeness (QED) is 0.633. The Kier molecular flexibility index (Phi) is 3.03. The minimum atomic E-state index is 0.380. The molecule has 1 aromatic carbocycles. The summed E-state index contributed by atoms with van der Waals surface area (Å²) in [5.41, 5.74) is 2.14. The summed E-state index contributed by atoms with van der Waals surface area (Å²) in [6.07, 6.45) is 0. The van der Waals surface area contributed by atoms with E-state index < -0.39 is 0 Å². The van der Waals surface area contributed by atoms with Crippen LogP contribution in [-0.4, -0.2) is 0 Å². The first-order valence-electron chi connectivity index (χ1n) is 3.98. The van der Waals surface area contributed by atoms with Crippen LogP contribution in [0.15, 0.2) is 12.1 Å². The number of benzene rings is 1. The number of aryl methyl sites for hydroxylation is 1. The van der Waals surface area contributed by atoms with Crippen LogP contribution in [0.25, 0.3) is 0 Å². The van der Waals surface area contributed by atoms with Gasteiger partial charge in [-0.15, -0.1) is 0 Å². The second kappa shape index (κ2) is 3.68. The highest BCUT2D eigenvalue weighted by molar-refractivity contribution is 6.36. The number of hydrogen-bond acceptors (Lipinski definition) is 0. The second-order valence-electron chi connectivity index (χ2n) is 3.25. The van der Waals surface area contributed by atoms with E-state index in [1.807, 2.05) is 19.1 Å². The molecule has 0 saturated carbocycles. The Morgan fingerprint density at radius 3 is 2.17 bits per heavy atom. The van der Waals surface area contributed by atoms with Crippen LogP contribution in [0, 0.1) is 6.92 Å². The van der Waals surface area contributed by atoms with E-state index >= 15 is 0 Å². The van der Waals surface area contributed by atoms with Gasteiger partial charge in [0.2, 0.25) is 0 Å². The van der Waals surface area contributed by atoms with Crippen molar-refractivity contribution in [1.82, 2.24) is 0 Å². The highest BCUT2D eigenvalue weighted by atomic mass is 35.5. The van der Waals surface area contributed by atoms with Gasteiger partial charge in [0.1, 0.15) is 0 Å². The fourth-order valence-electron chi connectivity index (χ4n) is 1.21. The van der Waals surface area contributed by atoms with E-state index in [-0.39, 0.29) is 0 Å². The van der Waals surface area contributed by atoms with E-state index in [0.29, 0.717) is 5.92 Å². The third-order valence-corrected chi connectivity index (χ3v) is 2.73. The Morgan fingerprint density at radius 2 is 1.75 bits per heavy atom. The van der Waals surface area contributed by atoms with E-state index in [2.05, 4.69) is 13.8 Å². The molecule has 0 aliphatic carbocycles. The first-order chi connectivity index (χ1) is 5.54. The maximum atomic E-state index is 6.11. The highest BCUT2D eigenvalue weighted by Gasteiger charge is 2.10. The summed E-state index contributed by atoms with van der Waals surface area (Å²) in [6.45, 7) is 6.17. The molecule has 0 N–H and O–H groups in total. The highest BCUT2D eigenvalue weighted by Crippen LogP contribution is 2.33. The van der Waals surface area contributed by atoms with Gasteiger partial charge in [-0.1, -0.05) is 43.1 Å². The van der Waals surface area contributed by atoms with Gasteiger partial charge in [0.25, 0.3) is 0 Å². The molecule has 66 valence electrons. The van der Waals surface area contributed by atoms with Gasteiger partial charge in [0.15, 0.2) is 0 Å². The fourth-order valence-corrected chi connectivity index (χ4v) is 2.01. The molecule has 1 rings (SSSR count). The largest absolute Gasteiger partial charge is 0.0840 e. The molecule has 0 aliphatic rings. The van der Waals surface area contributed by atoms with E-state index in [1.165, 1.54) is 0 Å². The molecule has 0 aliphatic heterocycles. The van der Waals surface area contributed by atoms with Crippen LogP contribution in [0.3, 0.4) is 0 Å². The van der Waals surface area contributed by atoms with Gasteiger partial charge < -0.3 is 0 Å². The smallest absolute Gasteiger partial charge is 0.0484 e. The monoisotopic (exact) mass is 202 g/mol. The van der Waals surface area contributed by atoms with Crippen molar-refractivity contribution in [3.63, 3.8) is 0 Å². The van der Waals surface area contributed by atoms with Crippen molar-refractivity contribution in [2.45, 2.75) is 26.7 Å². The van der Waals surface area contributed by atoms with E-state index in [1.54, 1.807) is 0 Å². The van der Waals surface area contributed by atoms with Crippen LogP contribution in [0.2, 0.25) is 10.0 Å². The number of hydrogen-bond donors (Lipinski definition) is 0. The number of halogens is 2. The summed E-state index contributed by atoms with van der Waals surface area (Å²) in [4.78, 5) is 0. The summed E-state index contributed by atoms with van der Waals surface area (Å²) in [5, 5.41) is 1.57.